The van der Waals surface area contributed by atoms with Gasteiger partial charge in [0.1, 0.15) is 11.5 Å². The zero-order valence-electron chi connectivity index (χ0n) is 16.7. The van der Waals surface area contributed by atoms with E-state index in [1.165, 1.54) is 0 Å². The van der Waals surface area contributed by atoms with Crippen LogP contribution in [-0.2, 0) is 13.0 Å². The summed E-state index contributed by atoms with van der Waals surface area (Å²) in [6, 6.07) is 12.2. The number of rotatable bonds is 5. The summed E-state index contributed by atoms with van der Waals surface area (Å²) >= 11 is 0. The summed E-state index contributed by atoms with van der Waals surface area (Å²) in [7, 11) is 0. The molecule has 150 valence electrons. The zero-order valence-corrected chi connectivity index (χ0v) is 16.7. The van der Waals surface area contributed by atoms with Crippen molar-refractivity contribution in [2.45, 2.75) is 38.6 Å². The largest absolute Gasteiger partial charge is 0.383 e. The van der Waals surface area contributed by atoms with Crippen LogP contribution in [0.4, 0.5) is 5.82 Å². The second-order valence-corrected chi connectivity index (χ2v) is 7.91. The van der Waals surface area contributed by atoms with Gasteiger partial charge in [-0.25, -0.2) is 9.67 Å². The molecule has 3 aromatic heterocycles. The van der Waals surface area contributed by atoms with Crippen LogP contribution >= 0.6 is 0 Å². The van der Waals surface area contributed by atoms with Crippen LogP contribution in [0.25, 0.3) is 10.9 Å². The fourth-order valence-corrected chi connectivity index (χ4v) is 4.26. The van der Waals surface area contributed by atoms with E-state index >= 15 is 0 Å². The van der Waals surface area contributed by atoms with E-state index < -0.39 is 0 Å². The SMILES string of the molecule is Cc1ccc2cc(Cn3cc(C(=O)C[C@H]4CCc5c4ccnc5N)nn3)ccc2n1. The predicted molar refractivity (Wildman–Crippen MR) is 114 cm³/mol. The number of nitrogen functional groups attached to an aromatic ring is 1. The van der Waals surface area contributed by atoms with Gasteiger partial charge in [-0.05, 0) is 66.6 Å². The fraction of sp³-hybridized carbons (Fsp3) is 0.261. The number of hydrogen-bond donors (Lipinski definition) is 1. The number of aryl methyl sites for hydroxylation is 1. The Kier molecular flexibility index (Phi) is 4.50. The van der Waals surface area contributed by atoms with E-state index in [2.05, 4.69) is 32.4 Å². The number of pyridine rings is 2. The van der Waals surface area contributed by atoms with Crippen molar-refractivity contribution < 1.29 is 4.79 Å². The van der Waals surface area contributed by atoms with Crippen LogP contribution in [0, 0.1) is 6.92 Å². The molecule has 7 nitrogen and oxygen atoms in total. The maximum Gasteiger partial charge on any atom is 0.185 e. The summed E-state index contributed by atoms with van der Waals surface area (Å²) in [5, 5.41) is 9.36. The van der Waals surface area contributed by atoms with E-state index in [9.17, 15) is 4.79 Å². The maximum absolute atomic E-state index is 12.8. The molecule has 7 heteroatoms. The van der Waals surface area contributed by atoms with Crippen LogP contribution in [0.15, 0.2) is 48.8 Å². The topological polar surface area (TPSA) is 99.6 Å². The molecule has 1 aliphatic rings. The van der Waals surface area contributed by atoms with E-state index in [4.69, 9.17) is 5.73 Å². The Morgan fingerprint density at radius 2 is 2.13 bits per heavy atom. The minimum atomic E-state index is 0.00710. The van der Waals surface area contributed by atoms with Crippen molar-refractivity contribution in [1.82, 2.24) is 25.0 Å². The van der Waals surface area contributed by atoms with Crippen LogP contribution in [0.2, 0.25) is 0 Å². The van der Waals surface area contributed by atoms with Crippen molar-refractivity contribution in [2.75, 3.05) is 5.73 Å². The Balaban J connectivity index is 1.29. The number of benzene rings is 1. The molecule has 0 aliphatic heterocycles. The van der Waals surface area contributed by atoms with Gasteiger partial charge in [0, 0.05) is 23.7 Å². The van der Waals surface area contributed by atoms with E-state index in [-0.39, 0.29) is 11.7 Å². The lowest BCUT2D eigenvalue weighted by Gasteiger charge is -2.09. The summed E-state index contributed by atoms with van der Waals surface area (Å²) in [4.78, 5) is 21.5. The summed E-state index contributed by atoms with van der Waals surface area (Å²) in [5.41, 5.74) is 11.7. The van der Waals surface area contributed by atoms with E-state index in [1.807, 2.05) is 31.2 Å². The molecule has 1 aliphatic carbocycles. The molecule has 0 radical (unpaired) electrons. The van der Waals surface area contributed by atoms with Crippen molar-refractivity contribution in [3.63, 3.8) is 0 Å². The van der Waals surface area contributed by atoms with Gasteiger partial charge in [0.25, 0.3) is 0 Å². The molecular formula is C23H22N6O. The van der Waals surface area contributed by atoms with Gasteiger partial charge in [0.15, 0.2) is 5.78 Å². The third-order valence-electron chi connectivity index (χ3n) is 5.80. The lowest BCUT2D eigenvalue weighted by molar-refractivity contribution is 0.0968. The van der Waals surface area contributed by atoms with Gasteiger partial charge in [-0.2, -0.15) is 0 Å². The molecule has 0 bridgehead atoms. The Bertz CT molecular complexity index is 1260. The number of Topliss-reactive ketones (excluding diaryl/α,β-unsaturated/α-hetero) is 1. The number of carbonyl (C=O) groups is 1. The summed E-state index contributed by atoms with van der Waals surface area (Å²) in [6.45, 7) is 2.54. The summed E-state index contributed by atoms with van der Waals surface area (Å²) in [5.74, 6) is 0.751. The van der Waals surface area contributed by atoms with Crippen molar-refractivity contribution in [3.8, 4) is 0 Å². The Labute approximate surface area is 174 Å². The third-order valence-corrected chi connectivity index (χ3v) is 5.80. The molecule has 0 amide bonds. The van der Waals surface area contributed by atoms with Crippen LogP contribution in [0.3, 0.4) is 0 Å². The minimum Gasteiger partial charge on any atom is -0.383 e. The lowest BCUT2D eigenvalue weighted by Crippen LogP contribution is -2.06. The standard InChI is InChI=1S/C23H22N6O/c1-14-2-4-17-10-15(3-7-20(17)26-14)12-29-13-21(27-28-29)22(30)11-16-5-6-19-18(16)8-9-25-23(19)24/h2-4,7-10,13,16H,5-6,11-12H2,1H3,(H2,24,25)/t16-/m1/s1. The molecule has 0 unspecified atom stereocenters. The highest BCUT2D eigenvalue weighted by atomic mass is 16.1. The fourth-order valence-electron chi connectivity index (χ4n) is 4.26. The van der Waals surface area contributed by atoms with Gasteiger partial charge in [-0.1, -0.05) is 17.3 Å². The van der Waals surface area contributed by atoms with E-state index in [0.29, 0.717) is 24.5 Å². The first-order valence-corrected chi connectivity index (χ1v) is 10.1. The average Bonchev–Trinajstić information content (AvgIpc) is 3.36. The number of hydrogen-bond acceptors (Lipinski definition) is 6. The number of nitrogens with zero attached hydrogens (tertiary/aromatic N) is 5. The Hall–Kier alpha value is -3.61. The van der Waals surface area contributed by atoms with Crippen LogP contribution < -0.4 is 5.73 Å². The molecule has 3 heterocycles. The molecule has 4 aromatic rings. The van der Waals surface area contributed by atoms with Crippen molar-refractivity contribution in [3.05, 3.63) is 76.9 Å². The molecular weight excluding hydrogens is 376 g/mol. The summed E-state index contributed by atoms with van der Waals surface area (Å²) < 4.78 is 1.71. The molecule has 5 rings (SSSR count). The molecule has 1 atom stereocenters. The highest BCUT2D eigenvalue weighted by Crippen LogP contribution is 2.37. The van der Waals surface area contributed by atoms with Gasteiger partial charge in [-0.15, -0.1) is 5.10 Å². The second kappa shape index (κ2) is 7.33. The number of ketones is 1. The number of anilines is 1. The first-order chi connectivity index (χ1) is 14.6. The van der Waals surface area contributed by atoms with Crippen LogP contribution in [0.1, 0.15) is 51.6 Å². The summed E-state index contributed by atoms with van der Waals surface area (Å²) in [6.07, 6.45) is 5.65. The zero-order chi connectivity index (χ0) is 20.7. The van der Waals surface area contributed by atoms with Gasteiger partial charge < -0.3 is 5.73 Å². The van der Waals surface area contributed by atoms with Gasteiger partial charge in [-0.3, -0.25) is 9.78 Å². The smallest absolute Gasteiger partial charge is 0.185 e. The first-order valence-electron chi connectivity index (χ1n) is 10.1. The lowest BCUT2D eigenvalue weighted by atomic mass is 9.95. The monoisotopic (exact) mass is 398 g/mol. The third kappa shape index (κ3) is 3.43. The molecule has 0 fully saturated rings. The molecule has 0 saturated heterocycles. The Morgan fingerprint density at radius 1 is 1.23 bits per heavy atom. The number of carbonyl (C=O) groups excluding carboxylic acids is 1. The first kappa shape index (κ1) is 18.4. The molecule has 2 N–H and O–H groups in total. The van der Waals surface area contributed by atoms with Gasteiger partial charge in [0.05, 0.1) is 18.3 Å². The number of fused-ring (bicyclic) bond motifs is 2. The van der Waals surface area contributed by atoms with Crippen molar-refractivity contribution in [2.24, 2.45) is 0 Å². The van der Waals surface area contributed by atoms with Crippen LogP contribution in [0.5, 0.6) is 0 Å². The molecule has 30 heavy (non-hydrogen) atoms. The Morgan fingerprint density at radius 3 is 3.03 bits per heavy atom. The van der Waals surface area contributed by atoms with E-state index in [0.717, 1.165) is 46.1 Å². The highest BCUT2D eigenvalue weighted by Gasteiger charge is 2.27. The second-order valence-electron chi connectivity index (χ2n) is 7.91. The van der Waals surface area contributed by atoms with E-state index in [1.54, 1.807) is 17.1 Å². The van der Waals surface area contributed by atoms with Gasteiger partial charge in [0.2, 0.25) is 0 Å². The predicted octanol–water partition coefficient (Wildman–Crippen LogP) is 3.46. The number of nitrogens with two attached hydrogens (primary N) is 1. The van der Waals surface area contributed by atoms with Crippen molar-refractivity contribution >= 4 is 22.5 Å². The van der Waals surface area contributed by atoms with Gasteiger partial charge >= 0.3 is 0 Å². The molecule has 0 saturated carbocycles. The number of aromatic nitrogens is 5. The average molecular weight is 398 g/mol. The van der Waals surface area contributed by atoms with Crippen LogP contribution in [-0.4, -0.2) is 30.7 Å². The maximum atomic E-state index is 12.8. The highest BCUT2D eigenvalue weighted by molar-refractivity contribution is 5.94. The quantitative estimate of drug-likeness (QED) is 0.517. The molecule has 1 aromatic carbocycles. The normalized spacial score (nSPS) is 15.4. The minimum absolute atomic E-state index is 0.00710. The molecule has 0 spiro atoms. The van der Waals surface area contributed by atoms with Crippen molar-refractivity contribution in [1.29, 1.82) is 0 Å².